The Kier molecular flexibility index (Phi) is 2.95. The lowest BCUT2D eigenvalue weighted by Crippen LogP contribution is -2.34. The van der Waals surface area contributed by atoms with Crippen molar-refractivity contribution in [2.75, 3.05) is 12.8 Å². The van der Waals surface area contributed by atoms with Crippen LogP contribution in [0.5, 0.6) is 0 Å². The summed E-state index contributed by atoms with van der Waals surface area (Å²) in [6.45, 7) is 4.18. The lowest BCUT2D eigenvalue weighted by atomic mass is 10.1. The molecule has 0 amide bonds. The summed E-state index contributed by atoms with van der Waals surface area (Å²) in [4.78, 5) is 4.11. The van der Waals surface area contributed by atoms with Crippen molar-refractivity contribution in [1.29, 1.82) is 0 Å². The van der Waals surface area contributed by atoms with E-state index in [1.807, 2.05) is 13.0 Å². The Balaban J connectivity index is 3.16. The summed E-state index contributed by atoms with van der Waals surface area (Å²) in [6, 6.07) is 0. The Morgan fingerprint density at radius 2 is 2.14 bits per heavy atom. The maximum atomic E-state index is 11.5. The Bertz CT molecular complexity index is 404. The van der Waals surface area contributed by atoms with Crippen LogP contribution in [0.25, 0.3) is 0 Å². The van der Waals surface area contributed by atoms with Gasteiger partial charge in [0.25, 0.3) is 0 Å². The first kappa shape index (κ1) is 11.2. The van der Waals surface area contributed by atoms with Gasteiger partial charge in [0, 0.05) is 12.5 Å². The molecule has 1 aliphatic rings. The molecule has 0 spiro atoms. The van der Waals surface area contributed by atoms with Gasteiger partial charge < -0.3 is 0 Å². The number of nitrogens with zero attached hydrogens (tertiary/aromatic N) is 1. The Hall–Kier alpha value is -0.900. The first-order valence-electron chi connectivity index (χ1n) is 4.41. The zero-order chi connectivity index (χ0) is 10.8. The fraction of sp³-hybridized carbons (Fsp3) is 0.500. The van der Waals surface area contributed by atoms with Gasteiger partial charge in [-0.15, -0.1) is 0 Å². The van der Waals surface area contributed by atoms with Crippen molar-refractivity contribution in [3.05, 3.63) is 23.8 Å². The van der Waals surface area contributed by atoms with E-state index in [2.05, 4.69) is 4.99 Å². The highest BCUT2D eigenvalue weighted by Gasteiger charge is 2.30. The molecule has 14 heavy (non-hydrogen) atoms. The first-order valence-corrected chi connectivity index (χ1v) is 6.30. The number of rotatable bonds is 1. The number of allylic oxidation sites excluding steroid dienone is 2. The lowest BCUT2D eigenvalue weighted by Gasteiger charge is -2.19. The summed E-state index contributed by atoms with van der Waals surface area (Å²) in [5, 5.41) is 0. The van der Waals surface area contributed by atoms with E-state index in [-0.39, 0.29) is 0 Å². The summed E-state index contributed by atoms with van der Waals surface area (Å²) < 4.78 is 22.0. The van der Waals surface area contributed by atoms with Gasteiger partial charge in [-0.2, -0.15) is 0 Å². The highest BCUT2D eigenvalue weighted by molar-refractivity contribution is 7.93. The van der Waals surface area contributed by atoms with E-state index in [1.54, 1.807) is 19.1 Å². The van der Waals surface area contributed by atoms with Crippen LogP contribution in [-0.4, -0.2) is 32.2 Å². The quantitative estimate of drug-likeness (QED) is 0.660. The van der Waals surface area contributed by atoms with Gasteiger partial charge in [0.2, 0.25) is 0 Å². The second kappa shape index (κ2) is 3.69. The molecule has 0 aliphatic carbocycles. The Morgan fingerprint density at radius 3 is 2.71 bits per heavy atom. The summed E-state index contributed by atoms with van der Waals surface area (Å²) >= 11 is 0. The molecule has 0 N–H and O–H groups in total. The van der Waals surface area contributed by atoms with Crippen molar-refractivity contribution in [3.63, 3.8) is 0 Å². The molecule has 1 atom stereocenters. The minimum atomic E-state index is -3.15. The molecule has 1 heterocycles. The molecule has 78 valence electrons. The Morgan fingerprint density at radius 1 is 1.50 bits per heavy atom. The Labute approximate surface area is 85.2 Å². The van der Waals surface area contributed by atoms with Crippen LogP contribution >= 0.6 is 0 Å². The van der Waals surface area contributed by atoms with Crippen LogP contribution < -0.4 is 0 Å². The van der Waals surface area contributed by atoms with Gasteiger partial charge in [0.15, 0.2) is 9.84 Å². The molecular weight excluding hydrogens is 198 g/mol. The first-order chi connectivity index (χ1) is 6.35. The molecule has 1 unspecified atom stereocenters. The topological polar surface area (TPSA) is 46.5 Å². The molecular formula is C10H15NO2S. The minimum Gasteiger partial charge on any atom is -0.291 e. The van der Waals surface area contributed by atoms with Crippen LogP contribution in [0.15, 0.2) is 28.8 Å². The maximum absolute atomic E-state index is 11.5. The van der Waals surface area contributed by atoms with Crippen LogP contribution in [0.4, 0.5) is 0 Å². The molecule has 0 aromatic carbocycles. The van der Waals surface area contributed by atoms with E-state index in [9.17, 15) is 8.42 Å². The van der Waals surface area contributed by atoms with E-state index < -0.39 is 14.6 Å². The smallest absolute Gasteiger partial charge is 0.161 e. The van der Waals surface area contributed by atoms with Crippen LogP contribution in [0, 0.1) is 0 Å². The van der Waals surface area contributed by atoms with E-state index in [1.165, 1.54) is 12.5 Å². The van der Waals surface area contributed by atoms with Gasteiger partial charge in [-0.25, -0.2) is 8.42 Å². The van der Waals surface area contributed by atoms with Crippen LogP contribution in [0.1, 0.15) is 13.8 Å². The van der Waals surface area contributed by atoms with E-state index in [4.69, 9.17) is 0 Å². The fourth-order valence-electron chi connectivity index (χ4n) is 1.09. The molecule has 0 aromatic rings. The number of hydrogen-bond acceptors (Lipinski definition) is 3. The number of sulfone groups is 1. The van der Waals surface area contributed by atoms with Crippen molar-refractivity contribution in [3.8, 4) is 0 Å². The predicted molar refractivity (Wildman–Crippen MR) is 59.5 cm³/mol. The largest absolute Gasteiger partial charge is 0.291 e. The van der Waals surface area contributed by atoms with Crippen LogP contribution in [-0.2, 0) is 9.84 Å². The van der Waals surface area contributed by atoms with Crippen molar-refractivity contribution in [1.82, 2.24) is 0 Å². The van der Waals surface area contributed by atoms with Gasteiger partial charge in [0.05, 0.1) is 6.54 Å². The van der Waals surface area contributed by atoms with Crippen LogP contribution in [0.3, 0.4) is 0 Å². The average Bonchev–Trinajstić information content (AvgIpc) is 1.99. The molecule has 0 saturated carbocycles. The molecule has 0 aromatic heterocycles. The summed E-state index contributed by atoms with van der Waals surface area (Å²) in [7, 11) is -3.15. The monoisotopic (exact) mass is 213 g/mol. The highest BCUT2D eigenvalue weighted by Crippen LogP contribution is 2.17. The molecule has 1 aliphatic heterocycles. The van der Waals surface area contributed by atoms with Crippen LogP contribution in [0.2, 0.25) is 0 Å². The standard InChI is InChI=1S/C10H15NO2S/c1-9-5-4-6-10(2,8-11-7-9)14(3,12)13/h4-6,8H,7H2,1-3H3. The van der Waals surface area contributed by atoms with E-state index in [0.717, 1.165) is 5.57 Å². The summed E-state index contributed by atoms with van der Waals surface area (Å²) in [5.74, 6) is 0. The summed E-state index contributed by atoms with van der Waals surface area (Å²) in [6.07, 6.45) is 8.06. The average molecular weight is 213 g/mol. The predicted octanol–water partition coefficient (Wildman–Crippen LogP) is 1.38. The molecule has 0 radical (unpaired) electrons. The van der Waals surface area contributed by atoms with Crippen molar-refractivity contribution < 1.29 is 8.42 Å². The second-order valence-corrected chi connectivity index (χ2v) is 6.22. The highest BCUT2D eigenvalue weighted by atomic mass is 32.2. The zero-order valence-corrected chi connectivity index (χ0v) is 9.50. The van der Waals surface area contributed by atoms with Crippen molar-refractivity contribution in [2.45, 2.75) is 18.6 Å². The normalized spacial score (nSPS) is 28.1. The number of aliphatic imine (C=N–C) groups is 1. The molecule has 1 rings (SSSR count). The van der Waals surface area contributed by atoms with Crippen molar-refractivity contribution >= 4 is 16.1 Å². The maximum Gasteiger partial charge on any atom is 0.161 e. The summed E-state index contributed by atoms with van der Waals surface area (Å²) in [5.41, 5.74) is 1.12. The molecule has 4 heteroatoms. The lowest BCUT2D eigenvalue weighted by molar-refractivity contribution is 0.590. The van der Waals surface area contributed by atoms with E-state index in [0.29, 0.717) is 6.54 Å². The molecule has 0 saturated heterocycles. The molecule has 3 nitrogen and oxygen atoms in total. The van der Waals surface area contributed by atoms with Gasteiger partial charge in [-0.3, -0.25) is 4.99 Å². The third-order valence-electron chi connectivity index (χ3n) is 2.30. The number of hydrogen-bond donors (Lipinski definition) is 0. The third-order valence-corrected chi connectivity index (χ3v) is 4.13. The third kappa shape index (κ3) is 2.32. The molecule has 0 fully saturated rings. The second-order valence-electron chi connectivity index (χ2n) is 3.80. The SMILES string of the molecule is CC1=CC=CC(C)(S(C)(=O)=O)C=NC1. The van der Waals surface area contributed by atoms with Crippen molar-refractivity contribution in [2.24, 2.45) is 4.99 Å². The van der Waals surface area contributed by atoms with Gasteiger partial charge in [-0.1, -0.05) is 23.8 Å². The van der Waals surface area contributed by atoms with Gasteiger partial charge in [-0.05, 0) is 13.8 Å². The van der Waals surface area contributed by atoms with E-state index >= 15 is 0 Å². The van der Waals surface area contributed by atoms with Gasteiger partial charge in [0.1, 0.15) is 4.75 Å². The minimum absolute atomic E-state index is 0.565. The zero-order valence-electron chi connectivity index (χ0n) is 8.69. The van der Waals surface area contributed by atoms with Gasteiger partial charge >= 0.3 is 0 Å². The fourth-order valence-corrected chi connectivity index (χ4v) is 1.68. The molecule has 0 bridgehead atoms.